The monoisotopic (exact) mass is 373 g/mol. The number of benzene rings is 1. The summed E-state index contributed by atoms with van der Waals surface area (Å²) in [4.78, 5) is 12.4. The third-order valence-electron chi connectivity index (χ3n) is 3.48. The molecule has 1 N–H and O–H groups in total. The number of carbonyl (C=O) groups is 1. The molecule has 1 heterocycles. The van der Waals surface area contributed by atoms with Crippen LogP contribution in [0.1, 0.15) is 26.2 Å². The quantitative estimate of drug-likeness (QED) is 0.778. The molecule has 0 aromatic heterocycles. The Morgan fingerprint density at radius 2 is 2.05 bits per heavy atom. The summed E-state index contributed by atoms with van der Waals surface area (Å²) in [6.07, 6.45) is 2.32. The molecule has 0 bridgehead atoms. The van der Waals surface area contributed by atoms with Gasteiger partial charge in [0.15, 0.2) is 0 Å². The van der Waals surface area contributed by atoms with Crippen LogP contribution in [0.2, 0.25) is 0 Å². The Balaban J connectivity index is 2.01. The summed E-state index contributed by atoms with van der Waals surface area (Å²) in [5, 5.41) is 2.77. The van der Waals surface area contributed by atoms with Gasteiger partial charge in [0.05, 0.1) is 21.7 Å². The molecule has 1 saturated heterocycles. The van der Waals surface area contributed by atoms with Crippen molar-refractivity contribution >= 4 is 32.8 Å². The molecule has 1 aliphatic heterocycles. The number of halogens is 1. The average Bonchev–Trinajstić information content (AvgIpc) is 2.50. The third-order valence-corrected chi connectivity index (χ3v) is 6.17. The van der Waals surface area contributed by atoms with Crippen molar-refractivity contribution in [2.24, 2.45) is 0 Å². The summed E-state index contributed by atoms with van der Waals surface area (Å²) >= 11 is 3.61. The number of ether oxygens (including phenoxy) is 1. The van der Waals surface area contributed by atoms with E-state index in [9.17, 15) is 9.00 Å². The maximum Gasteiger partial charge on any atom is 0.407 e. The molecule has 1 unspecified atom stereocenters. The van der Waals surface area contributed by atoms with Crippen LogP contribution in [-0.2, 0) is 15.5 Å². The number of amides is 1. The molecule has 2 rings (SSSR count). The van der Waals surface area contributed by atoms with Crippen LogP contribution >= 0.6 is 15.9 Å². The highest BCUT2D eigenvalue weighted by Gasteiger charge is 2.37. The van der Waals surface area contributed by atoms with Gasteiger partial charge in [-0.1, -0.05) is 47.5 Å². The minimum Gasteiger partial charge on any atom is -0.445 e. The summed E-state index contributed by atoms with van der Waals surface area (Å²) in [7, 11) is -1.14. The van der Waals surface area contributed by atoms with Gasteiger partial charge in [0.25, 0.3) is 0 Å². The van der Waals surface area contributed by atoms with Crippen LogP contribution in [0.4, 0.5) is 4.79 Å². The number of unbranched alkanes of at least 4 members (excludes halogenated alkanes) is 1. The van der Waals surface area contributed by atoms with E-state index < -0.39 is 16.9 Å². The van der Waals surface area contributed by atoms with E-state index in [4.69, 9.17) is 4.74 Å². The van der Waals surface area contributed by atoms with E-state index in [1.807, 2.05) is 30.3 Å². The van der Waals surface area contributed by atoms with E-state index in [2.05, 4.69) is 28.2 Å². The highest BCUT2D eigenvalue weighted by atomic mass is 79.9. The van der Waals surface area contributed by atoms with E-state index in [1.54, 1.807) is 0 Å². The molecule has 4 atom stereocenters. The molecular formula is C15H20BrNO3S. The zero-order valence-corrected chi connectivity index (χ0v) is 14.4. The molecule has 0 radical (unpaired) electrons. The number of hydrogen-bond acceptors (Lipinski definition) is 3. The highest BCUT2D eigenvalue weighted by Crippen LogP contribution is 2.24. The van der Waals surface area contributed by atoms with E-state index in [0.29, 0.717) is 5.75 Å². The Morgan fingerprint density at radius 1 is 1.33 bits per heavy atom. The Hall–Kier alpha value is -0.880. The van der Waals surface area contributed by atoms with Crippen molar-refractivity contribution in [1.82, 2.24) is 5.32 Å². The second-order valence-electron chi connectivity index (χ2n) is 5.11. The zero-order valence-electron chi connectivity index (χ0n) is 12.0. The SMILES string of the molecule is CCCC[C@H]1OC(=O)N[C@@H](CS(=O)c2ccccc2)[C@H]1Br. The van der Waals surface area contributed by atoms with Crippen LogP contribution in [0, 0.1) is 0 Å². The van der Waals surface area contributed by atoms with Gasteiger partial charge in [0.1, 0.15) is 6.10 Å². The lowest BCUT2D eigenvalue weighted by Gasteiger charge is -2.34. The Kier molecular flexibility index (Phi) is 6.23. The Morgan fingerprint density at radius 3 is 2.71 bits per heavy atom. The van der Waals surface area contributed by atoms with Crippen molar-refractivity contribution < 1.29 is 13.7 Å². The van der Waals surface area contributed by atoms with Crippen molar-refractivity contribution in [3.63, 3.8) is 0 Å². The third kappa shape index (κ3) is 4.54. The molecule has 0 spiro atoms. The van der Waals surface area contributed by atoms with Gasteiger partial charge in [-0.15, -0.1) is 0 Å². The first-order valence-electron chi connectivity index (χ1n) is 7.16. The standard InChI is InChI=1S/C15H20BrNO3S/c1-2-3-9-13-14(16)12(17-15(18)20-13)10-21(19)11-7-5-4-6-8-11/h4-8,12-14H,2-3,9-10H2,1H3,(H,17,18)/t12-,13+,14+,21?/m0/s1. The van der Waals surface area contributed by atoms with Crippen molar-refractivity contribution in [2.45, 2.75) is 48.1 Å². The van der Waals surface area contributed by atoms with E-state index >= 15 is 0 Å². The van der Waals surface area contributed by atoms with Gasteiger partial charge in [-0.25, -0.2) is 4.79 Å². The number of rotatable bonds is 6. The van der Waals surface area contributed by atoms with Crippen LogP contribution in [0.15, 0.2) is 35.2 Å². The predicted molar refractivity (Wildman–Crippen MR) is 87.2 cm³/mol. The summed E-state index contributed by atoms with van der Waals surface area (Å²) in [5.74, 6) is 0.387. The summed E-state index contributed by atoms with van der Waals surface area (Å²) in [5.41, 5.74) is 0. The fourth-order valence-electron chi connectivity index (χ4n) is 2.32. The van der Waals surface area contributed by atoms with Gasteiger partial charge in [-0.3, -0.25) is 4.21 Å². The molecule has 1 amide bonds. The van der Waals surface area contributed by atoms with Gasteiger partial charge < -0.3 is 10.1 Å². The van der Waals surface area contributed by atoms with Gasteiger partial charge in [0, 0.05) is 10.6 Å². The fourth-order valence-corrected chi connectivity index (χ4v) is 4.52. The normalized spacial score (nSPS) is 26.8. The molecule has 4 nitrogen and oxygen atoms in total. The van der Waals surface area contributed by atoms with Gasteiger partial charge in [-0.2, -0.15) is 0 Å². The fraction of sp³-hybridized carbons (Fsp3) is 0.533. The van der Waals surface area contributed by atoms with Crippen molar-refractivity contribution in [3.05, 3.63) is 30.3 Å². The van der Waals surface area contributed by atoms with Gasteiger partial charge >= 0.3 is 6.09 Å². The maximum absolute atomic E-state index is 12.4. The molecule has 1 fully saturated rings. The lowest BCUT2D eigenvalue weighted by Crippen LogP contribution is -2.55. The lowest BCUT2D eigenvalue weighted by molar-refractivity contribution is 0.0622. The molecule has 1 aliphatic rings. The average molecular weight is 374 g/mol. The number of nitrogens with one attached hydrogen (secondary N) is 1. The molecule has 0 saturated carbocycles. The Labute approximate surface area is 136 Å². The number of alkyl carbamates (subject to hydrolysis) is 1. The topological polar surface area (TPSA) is 55.4 Å². The van der Waals surface area contributed by atoms with Crippen LogP contribution in [-0.4, -0.2) is 33.0 Å². The number of hydrogen-bond donors (Lipinski definition) is 1. The smallest absolute Gasteiger partial charge is 0.407 e. The number of carbonyl (C=O) groups excluding carboxylic acids is 1. The lowest BCUT2D eigenvalue weighted by atomic mass is 10.0. The van der Waals surface area contributed by atoms with Crippen LogP contribution < -0.4 is 5.32 Å². The maximum atomic E-state index is 12.4. The summed E-state index contributed by atoms with van der Waals surface area (Å²) in [6.45, 7) is 2.11. The first-order valence-corrected chi connectivity index (χ1v) is 9.40. The minimum atomic E-state index is -1.14. The van der Waals surface area contributed by atoms with E-state index in [1.165, 1.54) is 0 Å². The molecule has 21 heavy (non-hydrogen) atoms. The molecular weight excluding hydrogens is 354 g/mol. The Bertz CT molecular complexity index is 497. The van der Waals surface area contributed by atoms with Gasteiger partial charge in [-0.05, 0) is 25.0 Å². The number of cyclic esters (lactones) is 1. The first-order chi connectivity index (χ1) is 10.1. The molecule has 1 aromatic carbocycles. The molecule has 116 valence electrons. The molecule has 1 aromatic rings. The van der Waals surface area contributed by atoms with E-state index in [-0.39, 0.29) is 17.0 Å². The summed E-state index contributed by atoms with van der Waals surface area (Å²) in [6, 6.07) is 9.13. The van der Waals surface area contributed by atoms with Crippen molar-refractivity contribution in [2.75, 3.05) is 5.75 Å². The highest BCUT2D eigenvalue weighted by molar-refractivity contribution is 9.09. The van der Waals surface area contributed by atoms with Crippen molar-refractivity contribution in [3.8, 4) is 0 Å². The van der Waals surface area contributed by atoms with Crippen molar-refractivity contribution in [1.29, 1.82) is 0 Å². The largest absolute Gasteiger partial charge is 0.445 e. The minimum absolute atomic E-state index is 0.0191. The van der Waals surface area contributed by atoms with Crippen LogP contribution in [0.5, 0.6) is 0 Å². The van der Waals surface area contributed by atoms with E-state index in [0.717, 1.165) is 24.2 Å². The van der Waals surface area contributed by atoms with Gasteiger partial charge in [0.2, 0.25) is 0 Å². The first kappa shape index (κ1) is 16.5. The van der Waals surface area contributed by atoms with Crippen LogP contribution in [0.25, 0.3) is 0 Å². The van der Waals surface area contributed by atoms with Crippen LogP contribution in [0.3, 0.4) is 0 Å². The predicted octanol–water partition coefficient (Wildman–Crippen LogP) is 3.22. The number of alkyl halides is 1. The second-order valence-corrected chi connectivity index (χ2v) is 7.66. The zero-order chi connectivity index (χ0) is 15.2. The second kappa shape index (κ2) is 7.94. The molecule has 6 heteroatoms. The summed E-state index contributed by atoms with van der Waals surface area (Å²) < 4.78 is 17.7. The molecule has 0 aliphatic carbocycles.